The lowest BCUT2D eigenvalue weighted by atomic mass is 9.80. The number of non-ortho nitro benzene ring substituents is 1. The van der Waals surface area contributed by atoms with Gasteiger partial charge in [-0.3, -0.25) is 10.1 Å². The Hall–Kier alpha value is -4.51. The van der Waals surface area contributed by atoms with Crippen LogP contribution >= 0.6 is 0 Å². The number of hydrogen-bond donors (Lipinski definition) is 2. The number of rotatable bonds is 11. The van der Waals surface area contributed by atoms with Crippen LogP contribution in [0.4, 0.5) is 5.69 Å². The van der Waals surface area contributed by atoms with Gasteiger partial charge in [-0.2, -0.15) is 0 Å². The van der Waals surface area contributed by atoms with Gasteiger partial charge in [0.05, 0.1) is 53.7 Å². The van der Waals surface area contributed by atoms with E-state index in [1.54, 1.807) is 19.9 Å². The van der Waals surface area contributed by atoms with Crippen molar-refractivity contribution in [2.75, 3.05) is 19.8 Å². The van der Waals surface area contributed by atoms with Gasteiger partial charge in [0.1, 0.15) is 6.61 Å². The minimum Gasteiger partial charge on any atom is -0.463 e. The lowest BCUT2D eigenvalue weighted by molar-refractivity contribution is -0.384. The number of carbonyl (C=O) groups excluding carboxylic acids is 2. The molecule has 0 spiro atoms. The minimum absolute atomic E-state index is 0.0365. The third-order valence-corrected chi connectivity index (χ3v) is 5.48. The second-order valence-corrected chi connectivity index (χ2v) is 7.92. The average molecular weight is 510 g/mol. The summed E-state index contributed by atoms with van der Waals surface area (Å²) < 4.78 is 16.2. The molecular formula is C26H27N3O8. The fraction of sp³-hybridized carbons (Fsp3) is 0.269. The summed E-state index contributed by atoms with van der Waals surface area (Å²) in [6.45, 7) is 3.65. The van der Waals surface area contributed by atoms with E-state index in [0.29, 0.717) is 12.3 Å². The van der Waals surface area contributed by atoms with Gasteiger partial charge in [0.25, 0.3) is 5.69 Å². The summed E-state index contributed by atoms with van der Waals surface area (Å²) >= 11 is 0. The van der Waals surface area contributed by atoms with Crippen LogP contribution in [-0.2, 0) is 30.4 Å². The highest BCUT2D eigenvalue weighted by atomic mass is 16.6. The van der Waals surface area contributed by atoms with E-state index in [1.165, 1.54) is 18.2 Å². The predicted octanol–water partition coefficient (Wildman–Crippen LogP) is 3.59. The van der Waals surface area contributed by atoms with Gasteiger partial charge in [-0.25, -0.2) is 9.59 Å². The molecule has 11 heteroatoms. The Morgan fingerprint density at radius 3 is 2.49 bits per heavy atom. The number of nitro benzene ring substituents is 1. The molecule has 1 aliphatic heterocycles. The van der Waals surface area contributed by atoms with Gasteiger partial charge in [-0.1, -0.05) is 47.6 Å². The molecule has 3 rings (SSSR count). The molecule has 0 saturated carbocycles. The SMILES string of the molecule is CCOC(=O)C1=C(/C=N\O)NC(C)=C(C(=O)OCCOCc2ccccc2)C1c1cccc([N+](=O)[O-])c1. The molecule has 37 heavy (non-hydrogen) atoms. The number of nitrogens with zero attached hydrogens (tertiary/aromatic N) is 2. The van der Waals surface area contributed by atoms with E-state index in [2.05, 4.69) is 10.5 Å². The molecule has 2 N–H and O–H groups in total. The molecule has 0 fully saturated rings. The van der Waals surface area contributed by atoms with Crippen molar-refractivity contribution in [3.8, 4) is 0 Å². The molecule has 194 valence electrons. The Labute approximate surface area is 213 Å². The number of esters is 2. The van der Waals surface area contributed by atoms with Crippen LogP contribution in [0.5, 0.6) is 0 Å². The monoisotopic (exact) mass is 509 g/mol. The van der Waals surface area contributed by atoms with Crippen LogP contribution in [-0.4, -0.2) is 48.1 Å². The highest BCUT2D eigenvalue weighted by Gasteiger charge is 2.39. The van der Waals surface area contributed by atoms with Crippen molar-refractivity contribution in [3.63, 3.8) is 0 Å². The van der Waals surface area contributed by atoms with Crippen LogP contribution in [0.25, 0.3) is 0 Å². The maximum Gasteiger partial charge on any atom is 0.337 e. The normalized spacial score (nSPS) is 15.5. The van der Waals surface area contributed by atoms with Gasteiger partial charge in [0.15, 0.2) is 0 Å². The number of hydrogen-bond acceptors (Lipinski definition) is 10. The number of nitrogens with one attached hydrogen (secondary N) is 1. The molecule has 2 aromatic rings. The highest BCUT2D eigenvalue weighted by Crippen LogP contribution is 2.40. The van der Waals surface area contributed by atoms with Crippen molar-refractivity contribution in [2.24, 2.45) is 5.16 Å². The zero-order valence-electron chi connectivity index (χ0n) is 20.4. The number of oxime groups is 1. The first-order valence-electron chi connectivity index (χ1n) is 11.5. The molecule has 0 saturated heterocycles. The first-order chi connectivity index (χ1) is 17.9. The van der Waals surface area contributed by atoms with Crippen molar-refractivity contribution < 1.29 is 33.9 Å². The average Bonchev–Trinajstić information content (AvgIpc) is 2.89. The Morgan fingerprint density at radius 1 is 1.08 bits per heavy atom. The second-order valence-electron chi connectivity index (χ2n) is 7.92. The number of benzene rings is 2. The highest BCUT2D eigenvalue weighted by molar-refractivity contribution is 6.04. The largest absolute Gasteiger partial charge is 0.463 e. The number of allylic oxidation sites excluding steroid dienone is 2. The van der Waals surface area contributed by atoms with Gasteiger partial charge in [0, 0.05) is 17.8 Å². The molecule has 0 radical (unpaired) electrons. The van der Waals surface area contributed by atoms with Crippen molar-refractivity contribution in [3.05, 3.63) is 98.4 Å². The van der Waals surface area contributed by atoms with Crippen molar-refractivity contribution in [1.29, 1.82) is 0 Å². The fourth-order valence-corrected chi connectivity index (χ4v) is 3.91. The number of carbonyl (C=O) groups is 2. The van der Waals surface area contributed by atoms with Gasteiger partial charge < -0.3 is 24.7 Å². The third kappa shape index (κ3) is 6.79. The molecular weight excluding hydrogens is 482 g/mol. The van der Waals surface area contributed by atoms with E-state index in [1.807, 2.05) is 30.3 Å². The summed E-state index contributed by atoms with van der Waals surface area (Å²) in [6, 6.07) is 15.1. The summed E-state index contributed by atoms with van der Waals surface area (Å²) in [7, 11) is 0. The molecule has 0 aliphatic carbocycles. The van der Waals surface area contributed by atoms with Crippen LogP contribution in [0.2, 0.25) is 0 Å². The molecule has 0 bridgehead atoms. The minimum atomic E-state index is -1.09. The Morgan fingerprint density at radius 2 is 1.81 bits per heavy atom. The quantitative estimate of drug-likeness (QED) is 0.116. The summed E-state index contributed by atoms with van der Waals surface area (Å²) in [5.74, 6) is -2.62. The summed E-state index contributed by atoms with van der Waals surface area (Å²) in [5, 5.41) is 26.5. The summed E-state index contributed by atoms with van der Waals surface area (Å²) in [6.07, 6.45) is 1.000. The standard InChI is InChI=1S/C26H27N3O8/c1-3-36-26(31)24-21(15-27-32)28-17(2)22(23(24)19-10-7-11-20(14-19)29(33)34)25(30)37-13-12-35-16-18-8-5-4-6-9-18/h4-11,14-15,23,28,32H,3,12-13,16H2,1-2H3/b27-15-. The Balaban J connectivity index is 1.91. The van der Waals surface area contributed by atoms with E-state index in [9.17, 15) is 19.7 Å². The van der Waals surface area contributed by atoms with Gasteiger partial charge in [-0.15, -0.1) is 0 Å². The topological polar surface area (TPSA) is 150 Å². The maximum atomic E-state index is 13.3. The Bertz CT molecular complexity index is 1240. The first-order valence-corrected chi connectivity index (χ1v) is 11.5. The Kier molecular flexibility index (Phi) is 9.50. The number of dihydropyridines is 1. The zero-order valence-corrected chi connectivity index (χ0v) is 20.4. The van der Waals surface area contributed by atoms with E-state index in [-0.39, 0.29) is 47.9 Å². The maximum absolute atomic E-state index is 13.3. The number of nitro groups is 1. The van der Waals surface area contributed by atoms with E-state index in [0.717, 1.165) is 11.8 Å². The molecule has 1 atom stereocenters. The molecule has 1 unspecified atom stereocenters. The zero-order chi connectivity index (χ0) is 26.8. The fourth-order valence-electron chi connectivity index (χ4n) is 3.91. The van der Waals surface area contributed by atoms with Gasteiger partial charge >= 0.3 is 11.9 Å². The molecule has 0 aromatic heterocycles. The van der Waals surface area contributed by atoms with Crippen LogP contribution in [0, 0.1) is 10.1 Å². The molecule has 2 aromatic carbocycles. The molecule has 1 heterocycles. The van der Waals surface area contributed by atoms with Crippen molar-refractivity contribution in [1.82, 2.24) is 5.32 Å². The first kappa shape index (κ1) is 27.1. The molecule has 0 amide bonds. The van der Waals surface area contributed by atoms with E-state index in [4.69, 9.17) is 19.4 Å². The second kappa shape index (κ2) is 13.0. The van der Waals surface area contributed by atoms with Crippen LogP contribution in [0.15, 0.2) is 82.3 Å². The van der Waals surface area contributed by atoms with Crippen LogP contribution in [0.3, 0.4) is 0 Å². The lowest BCUT2D eigenvalue weighted by Crippen LogP contribution is -2.34. The summed E-state index contributed by atoms with van der Waals surface area (Å²) in [5.41, 5.74) is 1.43. The number of ether oxygens (including phenoxy) is 3. The molecule has 1 aliphatic rings. The van der Waals surface area contributed by atoms with Crippen LogP contribution in [0.1, 0.15) is 30.9 Å². The predicted molar refractivity (Wildman–Crippen MR) is 133 cm³/mol. The van der Waals surface area contributed by atoms with Gasteiger partial charge in [-0.05, 0) is 25.0 Å². The third-order valence-electron chi connectivity index (χ3n) is 5.48. The van der Waals surface area contributed by atoms with Gasteiger partial charge in [0.2, 0.25) is 0 Å². The smallest absolute Gasteiger partial charge is 0.337 e. The van der Waals surface area contributed by atoms with Crippen LogP contribution < -0.4 is 5.32 Å². The molecule has 11 nitrogen and oxygen atoms in total. The van der Waals surface area contributed by atoms with E-state index < -0.39 is 22.8 Å². The lowest BCUT2D eigenvalue weighted by Gasteiger charge is -2.30. The van der Waals surface area contributed by atoms with Crippen molar-refractivity contribution >= 4 is 23.8 Å². The summed E-state index contributed by atoms with van der Waals surface area (Å²) in [4.78, 5) is 37.1. The van der Waals surface area contributed by atoms with E-state index >= 15 is 0 Å². The van der Waals surface area contributed by atoms with Crippen molar-refractivity contribution in [2.45, 2.75) is 26.4 Å².